The molecule has 0 aromatic carbocycles. The van der Waals surface area contributed by atoms with Gasteiger partial charge in [0.05, 0.1) is 12.2 Å². The quantitative estimate of drug-likeness (QED) is 0.495. The lowest BCUT2D eigenvalue weighted by molar-refractivity contribution is -0.114. The van der Waals surface area contributed by atoms with Crippen LogP contribution in [0, 0.1) is 13.8 Å². The number of Topliss-reactive ketones (excluding diaryl/α,β-unsaturated/α-hetero) is 1. The Balaban J connectivity index is 1.79. The Morgan fingerprint density at radius 3 is 2.42 bits per heavy atom. The van der Waals surface area contributed by atoms with Gasteiger partial charge in [-0.15, -0.1) is 11.3 Å². The number of amides is 1. The standard InChI is InChI=1S/C22H26N2O6S/c1-5-29-22(28)19-11(2)17(12(3)23-19)15(26)10-30-21(27)18-14-8-6-7-9-16(14)31-20(18)24-13(4)25/h23H,5-10H2,1-4H3,(H,24,25). The van der Waals surface area contributed by atoms with Gasteiger partial charge in [0.25, 0.3) is 0 Å². The van der Waals surface area contributed by atoms with Crippen molar-refractivity contribution in [3.63, 3.8) is 0 Å². The molecule has 0 bridgehead atoms. The highest BCUT2D eigenvalue weighted by Crippen LogP contribution is 2.38. The Hall–Kier alpha value is -2.94. The van der Waals surface area contributed by atoms with E-state index >= 15 is 0 Å². The van der Waals surface area contributed by atoms with Crippen LogP contribution >= 0.6 is 11.3 Å². The number of hydrogen-bond donors (Lipinski definition) is 2. The van der Waals surface area contributed by atoms with Gasteiger partial charge in [0.2, 0.25) is 11.7 Å². The Labute approximate surface area is 184 Å². The van der Waals surface area contributed by atoms with E-state index < -0.39 is 24.3 Å². The molecule has 0 radical (unpaired) electrons. The second-order valence-electron chi connectivity index (χ2n) is 7.44. The van der Waals surface area contributed by atoms with Gasteiger partial charge in [0, 0.05) is 23.1 Å². The van der Waals surface area contributed by atoms with Crippen LogP contribution in [-0.2, 0) is 27.1 Å². The third-order valence-corrected chi connectivity index (χ3v) is 6.40. The summed E-state index contributed by atoms with van der Waals surface area (Å²) in [5, 5.41) is 3.18. The van der Waals surface area contributed by atoms with Gasteiger partial charge in [-0.1, -0.05) is 0 Å². The molecular formula is C22H26N2O6S. The number of anilines is 1. The zero-order valence-electron chi connectivity index (χ0n) is 18.1. The highest BCUT2D eigenvalue weighted by molar-refractivity contribution is 7.17. The highest BCUT2D eigenvalue weighted by Gasteiger charge is 2.28. The minimum absolute atomic E-state index is 0.217. The van der Waals surface area contributed by atoms with Gasteiger partial charge in [-0.25, -0.2) is 9.59 Å². The smallest absolute Gasteiger partial charge is 0.355 e. The van der Waals surface area contributed by atoms with Crippen LogP contribution in [0.3, 0.4) is 0 Å². The first-order valence-corrected chi connectivity index (χ1v) is 11.0. The van der Waals surface area contributed by atoms with Crippen LogP contribution in [0.5, 0.6) is 0 Å². The summed E-state index contributed by atoms with van der Waals surface area (Å²) >= 11 is 1.39. The topological polar surface area (TPSA) is 115 Å². The number of ketones is 1. The molecular weight excluding hydrogens is 420 g/mol. The van der Waals surface area contributed by atoms with Crippen molar-refractivity contribution in [2.45, 2.75) is 53.4 Å². The number of carbonyl (C=O) groups is 4. The molecule has 0 unspecified atom stereocenters. The number of nitrogens with one attached hydrogen (secondary N) is 2. The third kappa shape index (κ3) is 4.71. The molecule has 0 spiro atoms. The number of aryl methyl sites for hydroxylation is 2. The minimum Gasteiger partial charge on any atom is -0.461 e. The molecule has 8 nitrogen and oxygen atoms in total. The van der Waals surface area contributed by atoms with Crippen LogP contribution in [0.15, 0.2) is 0 Å². The van der Waals surface area contributed by atoms with E-state index in [9.17, 15) is 19.2 Å². The number of ether oxygens (including phenoxy) is 2. The second kappa shape index (κ2) is 9.47. The van der Waals surface area contributed by atoms with Crippen LogP contribution < -0.4 is 5.32 Å². The molecule has 0 saturated carbocycles. The van der Waals surface area contributed by atoms with Gasteiger partial charge < -0.3 is 19.8 Å². The summed E-state index contributed by atoms with van der Waals surface area (Å²) in [5.41, 5.74) is 2.74. The number of hydrogen-bond acceptors (Lipinski definition) is 7. The van der Waals surface area contributed by atoms with E-state index in [1.165, 1.54) is 18.3 Å². The van der Waals surface area contributed by atoms with Crippen LogP contribution in [0.4, 0.5) is 5.00 Å². The Morgan fingerprint density at radius 1 is 1.03 bits per heavy atom. The van der Waals surface area contributed by atoms with E-state index in [1.807, 2.05) is 0 Å². The molecule has 166 valence electrons. The zero-order valence-corrected chi connectivity index (χ0v) is 18.9. The molecule has 1 aliphatic carbocycles. The van der Waals surface area contributed by atoms with Crippen molar-refractivity contribution in [3.05, 3.63) is 38.5 Å². The molecule has 31 heavy (non-hydrogen) atoms. The first-order valence-electron chi connectivity index (χ1n) is 10.2. The van der Waals surface area contributed by atoms with Crippen molar-refractivity contribution in [2.75, 3.05) is 18.5 Å². The fourth-order valence-electron chi connectivity index (χ4n) is 3.88. The Kier molecular flexibility index (Phi) is 6.94. The molecule has 1 amide bonds. The Morgan fingerprint density at radius 2 is 1.74 bits per heavy atom. The minimum atomic E-state index is -0.632. The maximum atomic E-state index is 12.9. The van der Waals surface area contributed by atoms with E-state index in [1.54, 1.807) is 20.8 Å². The largest absolute Gasteiger partial charge is 0.461 e. The van der Waals surface area contributed by atoms with E-state index in [2.05, 4.69) is 10.3 Å². The van der Waals surface area contributed by atoms with E-state index in [0.29, 0.717) is 27.4 Å². The number of esters is 2. The molecule has 2 N–H and O–H groups in total. The van der Waals surface area contributed by atoms with E-state index in [0.717, 1.165) is 36.1 Å². The van der Waals surface area contributed by atoms with Crippen molar-refractivity contribution >= 4 is 40.0 Å². The van der Waals surface area contributed by atoms with E-state index in [-0.39, 0.29) is 18.2 Å². The van der Waals surface area contributed by atoms with Crippen molar-refractivity contribution < 1.29 is 28.7 Å². The average molecular weight is 447 g/mol. The van der Waals surface area contributed by atoms with Crippen molar-refractivity contribution in [3.8, 4) is 0 Å². The number of aromatic nitrogens is 1. The highest BCUT2D eigenvalue weighted by atomic mass is 32.1. The summed E-state index contributed by atoms with van der Waals surface area (Å²) in [7, 11) is 0. The molecule has 0 fully saturated rings. The number of rotatable bonds is 7. The summed E-state index contributed by atoms with van der Waals surface area (Å²) in [6, 6.07) is 0. The molecule has 9 heteroatoms. The lowest BCUT2D eigenvalue weighted by Gasteiger charge is -2.12. The van der Waals surface area contributed by atoms with Gasteiger partial charge in [-0.05, 0) is 57.6 Å². The van der Waals surface area contributed by atoms with Gasteiger partial charge >= 0.3 is 11.9 Å². The number of H-pyrrole nitrogens is 1. The summed E-state index contributed by atoms with van der Waals surface area (Å²) in [5.74, 6) is -1.86. The summed E-state index contributed by atoms with van der Waals surface area (Å²) in [6.07, 6.45) is 3.59. The predicted molar refractivity (Wildman–Crippen MR) is 116 cm³/mol. The molecule has 2 aromatic rings. The SMILES string of the molecule is CCOC(=O)c1[nH]c(C)c(C(=O)COC(=O)c2c(NC(C)=O)sc3c2CCCC3)c1C. The summed E-state index contributed by atoms with van der Waals surface area (Å²) < 4.78 is 10.4. The summed E-state index contributed by atoms with van der Waals surface area (Å²) in [6.45, 7) is 6.16. The molecule has 1 aliphatic rings. The van der Waals surface area contributed by atoms with Crippen molar-refractivity contribution in [2.24, 2.45) is 0 Å². The van der Waals surface area contributed by atoms with Gasteiger partial charge in [0.15, 0.2) is 6.61 Å². The monoisotopic (exact) mass is 446 g/mol. The zero-order chi connectivity index (χ0) is 22.7. The van der Waals surface area contributed by atoms with Crippen LogP contribution in [0.2, 0.25) is 0 Å². The molecule has 0 saturated heterocycles. The normalized spacial score (nSPS) is 12.8. The first-order chi connectivity index (χ1) is 14.7. The van der Waals surface area contributed by atoms with Crippen molar-refractivity contribution in [1.29, 1.82) is 0 Å². The fourth-order valence-corrected chi connectivity index (χ4v) is 5.20. The number of carbonyl (C=O) groups excluding carboxylic acids is 4. The lowest BCUT2D eigenvalue weighted by atomic mass is 9.95. The number of fused-ring (bicyclic) bond motifs is 1. The van der Waals surface area contributed by atoms with Crippen LogP contribution in [-0.4, -0.2) is 41.8 Å². The molecule has 2 heterocycles. The molecule has 3 rings (SSSR count). The maximum Gasteiger partial charge on any atom is 0.355 e. The molecule has 0 atom stereocenters. The fraction of sp³-hybridized carbons (Fsp3) is 0.455. The van der Waals surface area contributed by atoms with E-state index in [4.69, 9.17) is 9.47 Å². The Bertz CT molecular complexity index is 1050. The lowest BCUT2D eigenvalue weighted by Crippen LogP contribution is -2.18. The predicted octanol–water partition coefficient (Wildman–Crippen LogP) is 3.75. The average Bonchev–Trinajstić information content (AvgIpc) is 3.22. The second-order valence-corrected chi connectivity index (χ2v) is 8.55. The number of aromatic amines is 1. The summed E-state index contributed by atoms with van der Waals surface area (Å²) in [4.78, 5) is 53.3. The first kappa shape index (κ1) is 22.7. The van der Waals surface area contributed by atoms with Crippen LogP contribution in [0.25, 0.3) is 0 Å². The molecule has 2 aromatic heterocycles. The third-order valence-electron chi connectivity index (χ3n) is 5.20. The van der Waals surface area contributed by atoms with Gasteiger partial charge in [0.1, 0.15) is 10.7 Å². The van der Waals surface area contributed by atoms with Crippen molar-refractivity contribution in [1.82, 2.24) is 4.98 Å². The number of thiophene rings is 1. The van der Waals surface area contributed by atoms with Gasteiger partial charge in [-0.3, -0.25) is 9.59 Å². The van der Waals surface area contributed by atoms with Crippen LogP contribution in [0.1, 0.15) is 79.6 Å². The molecule has 0 aliphatic heterocycles. The van der Waals surface area contributed by atoms with Gasteiger partial charge in [-0.2, -0.15) is 0 Å². The maximum absolute atomic E-state index is 12.9.